The second kappa shape index (κ2) is 3.99. The van der Waals surface area contributed by atoms with E-state index in [1.807, 2.05) is 32.0 Å². The number of anilines is 1. The average molecular weight is 177 g/mol. The van der Waals surface area contributed by atoms with Gasteiger partial charge in [-0.3, -0.25) is 0 Å². The summed E-state index contributed by atoms with van der Waals surface area (Å²) in [4.78, 5) is 0. The second-order valence-electron chi connectivity index (χ2n) is 3.06. The Morgan fingerprint density at radius 1 is 1.46 bits per heavy atom. The summed E-state index contributed by atoms with van der Waals surface area (Å²) in [7, 11) is 1.67. The van der Waals surface area contributed by atoms with Crippen LogP contribution in [0.15, 0.2) is 30.5 Å². The molecule has 0 heterocycles. The minimum atomic E-state index is 0.850. The number of nitrogens with one attached hydrogen (secondary N) is 1. The Morgan fingerprint density at radius 3 is 2.69 bits per heavy atom. The summed E-state index contributed by atoms with van der Waals surface area (Å²) in [6.45, 7) is 7.76. The third-order valence-corrected chi connectivity index (χ3v) is 1.79. The number of para-hydroxylation sites is 1. The molecular weight excluding hydrogens is 162 g/mol. The number of rotatable bonds is 3. The van der Waals surface area contributed by atoms with E-state index in [-0.39, 0.29) is 0 Å². The molecule has 0 amide bonds. The molecule has 1 aromatic rings. The van der Waals surface area contributed by atoms with Crippen molar-refractivity contribution in [3.8, 4) is 5.75 Å². The van der Waals surface area contributed by atoms with E-state index >= 15 is 0 Å². The molecule has 0 bridgehead atoms. The normalized spacial score (nSPS) is 9.46. The third-order valence-electron chi connectivity index (χ3n) is 1.79. The summed E-state index contributed by atoms with van der Waals surface area (Å²) < 4.78 is 5.22. The van der Waals surface area contributed by atoms with Crippen LogP contribution in [-0.4, -0.2) is 7.11 Å². The van der Waals surface area contributed by atoms with Crippen molar-refractivity contribution in [2.24, 2.45) is 0 Å². The fraction of sp³-hybridized carbons (Fsp3) is 0.273. The number of allylic oxidation sites excluding steroid dienone is 1. The third kappa shape index (κ3) is 2.25. The molecule has 0 aromatic heterocycles. The maximum atomic E-state index is 5.22. The van der Waals surface area contributed by atoms with E-state index in [4.69, 9.17) is 4.74 Å². The molecule has 0 radical (unpaired) electrons. The first-order chi connectivity index (χ1) is 6.15. The van der Waals surface area contributed by atoms with Crippen molar-refractivity contribution < 1.29 is 4.74 Å². The zero-order chi connectivity index (χ0) is 9.84. The summed E-state index contributed by atoms with van der Waals surface area (Å²) in [6.07, 6.45) is 0. The number of hydrogen-bond acceptors (Lipinski definition) is 2. The molecular formula is C11H15NO. The number of aryl methyl sites for hydroxylation is 1. The Hall–Kier alpha value is -1.44. The minimum Gasteiger partial charge on any atom is -0.495 e. The molecule has 2 heteroatoms. The van der Waals surface area contributed by atoms with Gasteiger partial charge in [0.1, 0.15) is 5.75 Å². The average Bonchev–Trinajstić information content (AvgIpc) is 2.08. The van der Waals surface area contributed by atoms with E-state index in [0.717, 1.165) is 22.7 Å². The van der Waals surface area contributed by atoms with Crippen molar-refractivity contribution >= 4 is 5.69 Å². The highest BCUT2D eigenvalue weighted by Crippen LogP contribution is 2.28. The van der Waals surface area contributed by atoms with E-state index in [2.05, 4.69) is 11.9 Å². The van der Waals surface area contributed by atoms with Crippen LogP contribution in [0, 0.1) is 6.92 Å². The van der Waals surface area contributed by atoms with Crippen LogP contribution < -0.4 is 10.1 Å². The van der Waals surface area contributed by atoms with Crippen molar-refractivity contribution in [1.82, 2.24) is 0 Å². The van der Waals surface area contributed by atoms with Crippen LogP contribution in [0.5, 0.6) is 5.75 Å². The number of hydrogen-bond donors (Lipinski definition) is 1. The lowest BCUT2D eigenvalue weighted by Gasteiger charge is -2.13. The van der Waals surface area contributed by atoms with Gasteiger partial charge < -0.3 is 10.1 Å². The molecule has 70 valence electrons. The Labute approximate surface area is 79.2 Å². The van der Waals surface area contributed by atoms with Crippen LogP contribution in [0.3, 0.4) is 0 Å². The Morgan fingerprint density at radius 2 is 2.15 bits per heavy atom. The van der Waals surface area contributed by atoms with Crippen LogP contribution >= 0.6 is 0 Å². The molecule has 1 aromatic carbocycles. The Balaban J connectivity index is 3.07. The smallest absolute Gasteiger partial charge is 0.142 e. The standard InChI is InChI=1S/C11H15NO/c1-8(2)12-11-9(3)6-5-7-10(11)13-4/h5-7,12H,1H2,2-4H3. The fourth-order valence-corrected chi connectivity index (χ4v) is 1.18. The highest BCUT2D eigenvalue weighted by molar-refractivity contribution is 5.63. The largest absolute Gasteiger partial charge is 0.495 e. The van der Waals surface area contributed by atoms with Gasteiger partial charge in [0.15, 0.2) is 0 Å². The van der Waals surface area contributed by atoms with Gasteiger partial charge in [-0.15, -0.1) is 0 Å². The van der Waals surface area contributed by atoms with Crippen LogP contribution in [0.4, 0.5) is 5.69 Å². The fourth-order valence-electron chi connectivity index (χ4n) is 1.18. The first-order valence-corrected chi connectivity index (χ1v) is 4.21. The van der Waals surface area contributed by atoms with Crippen molar-refractivity contribution in [3.05, 3.63) is 36.0 Å². The van der Waals surface area contributed by atoms with Crippen LogP contribution in [0.25, 0.3) is 0 Å². The quantitative estimate of drug-likeness (QED) is 0.766. The van der Waals surface area contributed by atoms with Gasteiger partial charge >= 0.3 is 0 Å². The zero-order valence-corrected chi connectivity index (χ0v) is 8.35. The van der Waals surface area contributed by atoms with Gasteiger partial charge in [0.2, 0.25) is 0 Å². The van der Waals surface area contributed by atoms with Gasteiger partial charge in [-0.25, -0.2) is 0 Å². The number of methoxy groups -OCH3 is 1. The van der Waals surface area contributed by atoms with Crippen molar-refractivity contribution in [3.63, 3.8) is 0 Å². The van der Waals surface area contributed by atoms with Crippen molar-refractivity contribution in [2.45, 2.75) is 13.8 Å². The molecule has 0 aliphatic heterocycles. The van der Waals surface area contributed by atoms with Gasteiger partial charge in [0, 0.05) is 5.70 Å². The van der Waals surface area contributed by atoms with Gasteiger partial charge in [0.05, 0.1) is 12.8 Å². The SMILES string of the molecule is C=C(C)Nc1c(C)cccc1OC. The van der Waals surface area contributed by atoms with Crippen LogP contribution in [0.2, 0.25) is 0 Å². The zero-order valence-electron chi connectivity index (χ0n) is 8.35. The highest BCUT2D eigenvalue weighted by atomic mass is 16.5. The summed E-state index contributed by atoms with van der Waals surface area (Å²) in [6, 6.07) is 5.93. The summed E-state index contributed by atoms with van der Waals surface area (Å²) in [5, 5.41) is 3.17. The van der Waals surface area contributed by atoms with Gasteiger partial charge in [-0.1, -0.05) is 18.7 Å². The van der Waals surface area contributed by atoms with E-state index in [1.54, 1.807) is 7.11 Å². The molecule has 1 rings (SSSR count). The first-order valence-electron chi connectivity index (χ1n) is 4.21. The van der Waals surface area contributed by atoms with Crippen molar-refractivity contribution in [1.29, 1.82) is 0 Å². The highest BCUT2D eigenvalue weighted by Gasteiger charge is 2.04. The van der Waals surface area contributed by atoms with E-state index in [0.29, 0.717) is 0 Å². The summed E-state index contributed by atoms with van der Waals surface area (Å²) in [5.74, 6) is 0.850. The lowest BCUT2D eigenvalue weighted by Crippen LogP contribution is -1.99. The molecule has 13 heavy (non-hydrogen) atoms. The monoisotopic (exact) mass is 177 g/mol. The molecule has 1 N–H and O–H groups in total. The maximum Gasteiger partial charge on any atom is 0.142 e. The molecule has 0 aliphatic carbocycles. The molecule has 0 fully saturated rings. The second-order valence-corrected chi connectivity index (χ2v) is 3.06. The van der Waals surface area contributed by atoms with E-state index in [9.17, 15) is 0 Å². The lowest BCUT2D eigenvalue weighted by molar-refractivity contribution is 0.416. The number of ether oxygens (including phenoxy) is 1. The maximum absolute atomic E-state index is 5.22. The predicted octanol–water partition coefficient (Wildman–Crippen LogP) is 2.95. The molecule has 0 saturated carbocycles. The molecule has 0 unspecified atom stereocenters. The predicted molar refractivity (Wildman–Crippen MR) is 56.2 cm³/mol. The van der Waals surface area contributed by atoms with E-state index < -0.39 is 0 Å². The Bertz CT molecular complexity index is 318. The summed E-state index contributed by atoms with van der Waals surface area (Å²) >= 11 is 0. The van der Waals surface area contributed by atoms with Gasteiger partial charge in [0.25, 0.3) is 0 Å². The van der Waals surface area contributed by atoms with Gasteiger partial charge in [-0.05, 0) is 25.5 Å². The topological polar surface area (TPSA) is 21.3 Å². The van der Waals surface area contributed by atoms with Crippen molar-refractivity contribution in [2.75, 3.05) is 12.4 Å². The molecule has 0 spiro atoms. The molecule has 2 nitrogen and oxygen atoms in total. The molecule has 0 saturated heterocycles. The van der Waals surface area contributed by atoms with Gasteiger partial charge in [-0.2, -0.15) is 0 Å². The first kappa shape index (κ1) is 9.65. The van der Waals surface area contributed by atoms with Crippen LogP contribution in [0.1, 0.15) is 12.5 Å². The number of benzene rings is 1. The Kier molecular flexibility index (Phi) is 2.96. The minimum absolute atomic E-state index is 0.850. The molecule has 0 aliphatic rings. The summed E-state index contributed by atoms with van der Waals surface area (Å²) in [5.41, 5.74) is 3.06. The van der Waals surface area contributed by atoms with E-state index in [1.165, 1.54) is 0 Å². The van der Waals surface area contributed by atoms with Crippen LogP contribution in [-0.2, 0) is 0 Å². The lowest BCUT2D eigenvalue weighted by atomic mass is 10.2. The molecule has 0 atom stereocenters.